The van der Waals surface area contributed by atoms with Crippen LogP contribution in [0.3, 0.4) is 0 Å². The molecule has 27 heavy (non-hydrogen) atoms. The highest BCUT2D eigenvalue weighted by atomic mass is 79.9. The number of aromatic carboxylic acids is 2. The van der Waals surface area contributed by atoms with Crippen LogP contribution in [-0.4, -0.2) is 22.2 Å². The fourth-order valence-electron chi connectivity index (χ4n) is 2.40. The summed E-state index contributed by atoms with van der Waals surface area (Å²) in [5.74, 6) is -2.08. The lowest BCUT2D eigenvalue weighted by Crippen LogP contribution is -1.96. The van der Waals surface area contributed by atoms with Crippen molar-refractivity contribution >= 4 is 39.2 Å². The van der Waals surface area contributed by atoms with E-state index in [4.69, 9.17) is 5.11 Å². The van der Waals surface area contributed by atoms with Crippen LogP contribution < -0.4 is 0 Å². The quantitative estimate of drug-likeness (QED) is 0.495. The van der Waals surface area contributed by atoms with Gasteiger partial charge in [-0.2, -0.15) is 5.11 Å². The number of carbonyl (C=O) groups is 2. The van der Waals surface area contributed by atoms with Crippen LogP contribution in [0.1, 0.15) is 20.7 Å². The summed E-state index contributed by atoms with van der Waals surface area (Å²) in [6, 6.07) is 18.0. The third-order valence-corrected chi connectivity index (χ3v) is 4.32. The molecule has 0 bridgehead atoms. The van der Waals surface area contributed by atoms with Gasteiger partial charge in [0.25, 0.3) is 0 Å². The van der Waals surface area contributed by atoms with Crippen molar-refractivity contribution in [2.24, 2.45) is 10.2 Å². The lowest BCUT2D eigenvalue weighted by molar-refractivity contribution is 0.0686. The molecule has 0 atom stereocenters. The fraction of sp³-hybridized carbons (Fsp3) is 0. The molecule has 0 fully saturated rings. The molecular formula is C20H13BrN2O4. The van der Waals surface area contributed by atoms with E-state index in [-0.39, 0.29) is 11.1 Å². The lowest BCUT2D eigenvalue weighted by Gasteiger charge is -2.07. The molecule has 0 aliphatic carbocycles. The first-order valence-corrected chi connectivity index (χ1v) is 8.62. The minimum Gasteiger partial charge on any atom is -0.478 e. The maximum absolute atomic E-state index is 11.3. The number of carboxylic acids is 2. The summed E-state index contributed by atoms with van der Waals surface area (Å²) in [6.07, 6.45) is 0. The molecule has 0 unspecified atom stereocenters. The second-order valence-corrected chi connectivity index (χ2v) is 6.51. The summed E-state index contributed by atoms with van der Waals surface area (Å²) in [4.78, 5) is 22.3. The molecule has 0 saturated carbocycles. The van der Waals surface area contributed by atoms with Crippen LogP contribution in [-0.2, 0) is 0 Å². The molecule has 0 aromatic heterocycles. The van der Waals surface area contributed by atoms with Crippen LogP contribution in [0.4, 0.5) is 11.4 Å². The summed E-state index contributed by atoms with van der Waals surface area (Å²) < 4.78 is 0.911. The van der Waals surface area contributed by atoms with Crippen LogP contribution in [0.5, 0.6) is 0 Å². The zero-order chi connectivity index (χ0) is 19.4. The van der Waals surface area contributed by atoms with Crippen molar-refractivity contribution in [3.05, 3.63) is 82.3 Å². The van der Waals surface area contributed by atoms with E-state index < -0.39 is 11.9 Å². The van der Waals surface area contributed by atoms with Crippen molar-refractivity contribution in [1.29, 1.82) is 0 Å². The number of carboxylic acid groups (broad SMARTS) is 2. The Hall–Kier alpha value is -3.32. The molecule has 6 nitrogen and oxygen atoms in total. The third-order valence-electron chi connectivity index (χ3n) is 3.79. The van der Waals surface area contributed by atoms with Crippen molar-refractivity contribution in [2.45, 2.75) is 0 Å². The maximum atomic E-state index is 11.3. The van der Waals surface area contributed by atoms with Crippen LogP contribution >= 0.6 is 15.9 Å². The Morgan fingerprint density at radius 2 is 1.33 bits per heavy atom. The van der Waals surface area contributed by atoms with E-state index in [0.717, 1.165) is 4.47 Å². The minimum atomic E-state index is -1.07. The molecular weight excluding hydrogens is 412 g/mol. The van der Waals surface area contributed by atoms with Gasteiger partial charge in [-0.3, -0.25) is 0 Å². The standard InChI is InChI=1S/C20H13BrN2O4/c21-15-6-8-16(9-7-15)22-23-18-11-14(20(26)27)5-10-17(18)12-1-3-13(4-2-12)19(24)25/h1-11H,(H,24,25)(H,26,27). The van der Waals surface area contributed by atoms with Crippen LogP contribution in [0.15, 0.2) is 81.4 Å². The Morgan fingerprint density at radius 1 is 0.741 bits per heavy atom. The van der Waals surface area contributed by atoms with E-state index in [9.17, 15) is 14.7 Å². The number of hydrogen-bond donors (Lipinski definition) is 2. The SMILES string of the molecule is O=C(O)c1ccc(-c2ccc(C(=O)O)cc2N=Nc2ccc(Br)cc2)cc1. The van der Waals surface area contributed by atoms with Crippen molar-refractivity contribution in [2.75, 3.05) is 0 Å². The lowest BCUT2D eigenvalue weighted by atomic mass is 10.0. The van der Waals surface area contributed by atoms with E-state index in [0.29, 0.717) is 22.5 Å². The normalized spacial score (nSPS) is 10.9. The Labute approximate surface area is 163 Å². The van der Waals surface area contributed by atoms with Gasteiger partial charge >= 0.3 is 11.9 Å². The molecule has 3 aromatic rings. The van der Waals surface area contributed by atoms with Gasteiger partial charge < -0.3 is 10.2 Å². The van der Waals surface area contributed by atoms with Crippen LogP contribution in [0, 0.1) is 0 Å². The highest BCUT2D eigenvalue weighted by Crippen LogP contribution is 2.33. The third kappa shape index (κ3) is 4.45. The first-order valence-electron chi connectivity index (χ1n) is 7.82. The Bertz CT molecular complexity index is 1030. The Kier molecular flexibility index (Phi) is 5.42. The highest BCUT2D eigenvalue weighted by molar-refractivity contribution is 9.10. The molecule has 0 spiro atoms. The van der Waals surface area contributed by atoms with E-state index in [1.165, 1.54) is 24.3 Å². The Balaban J connectivity index is 2.03. The van der Waals surface area contributed by atoms with Gasteiger partial charge in [-0.05, 0) is 54.1 Å². The molecule has 0 aliphatic heterocycles. The minimum absolute atomic E-state index is 0.0886. The molecule has 0 heterocycles. The summed E-state index contributed by atoms with van der Waals surface area (Å²) in [7, 11) is 0. The molecule has 0 saturated heterocycles. The van der Waals surface area contributed by atoms with Gasteiger partial charge in [-0.15, -0.1) is 5.11 Å². The average molecular weight is 425 g/mol. The zero-order valence-electron chi connectivity index (χ0n) is 13.8. The fourth-order valence-corrected chi connectivity index (χ4v) is 2.67. The van der Waals surface area contributed by atoms with Gasteiger partial charge in [0.1, 0.15) is 0 Å². The van der Waals surface area contributed by atoms with Crippen molar-refractivity contribution in [3.8, 4) is 11.1 Å². The summed E-state index contributed by atoms with van der Waals surface area (Å²) in [5.41, 5.74) is 2.61. The van der Waals surface area contributed by atoms with E-state index in [1.54, 1.807) is 30.3 Å². The number of azo groups is 1. The van der Waals surface area contributed by atoms with E-state index >= 15 is 0 Å². The molecule has 3 rings (SSSR count). The molecule has 134 valence electrons. The smallest absolute Gasteiger partial charge is 0.335 e. The number of benzene rings is 3. The van der Waals surface area contributed by atoms with Crippen LogP contribution in [0.25, 0.3) is 11.1 Å². The second-order valence-electron chi connectivity index (χ2n) is 5.60. The van der Waals surface area contributed by atoms with Gasteiger partial charge in [0.2, 0.25) is 0 Å². The van der Waals surface area contributed by atoms with Crippen molar-refractivity contribution < 1.29 is 19.8 Å². The molecule has 0 aliphatic rings. The highest BCUT2D eigenvalue weighted by Gasteiger charge is 2.11. The molecule has 0 amide bonds. The number of halogens is 1. The van der Waals surface area contributed by atoms with Crippen molar-refractivity contribution in [3.63, 3.8) is 0 Å². The van der Waals surface area contributed by atoms with E-state index in [2.05, 4.69) is 26.2 Å². The predicted molar refractivity (Wildman–Crippen MR) is 104 cm³/mol. The summed E-state index contributed by atoms with van der Waals surface area (Å²) >= 11 is 3.35. The summed E-state index contributed by atoms with van der Waals surface area (Å²) in [5, 5.41) is 26.6. The first-order chi connectivity index (χ1) is 12.9. The average Bonchev–Trinajstić information content (AvgIpc) is 2.67. The number of nitrogens with zero attached hydrogens (tertiary/aromatic N) is 2. The van der Waals surface area contributed by atoms with Crippen molar-refractivity contribution in [1.82, 2.24) is 0 Å². The first kappa shape index (κ1) is 18.5. The van der Waals surface area contributed by atoms with Gasteiger partial charge in [-0.1, -0.05) is 34.1 Å². The molecule has 7 heteroatoms. The zero-order valence-corrected chi connectivity index (χ0v) is 15.4. The van der Waals surface area contributed by atoms with E-state index in [1.807, 2.05) is 12.1 Å². The largest absolute Gasteiger partial charge is 0.478 e. The number of hydrogen-bond acceptors (Lipinski definition) is 4. The molecule has 2 N–H and O–H groups in total. The van der Waals surface area contributed by atoms with Gasteiger partial charge in [-0.25, -0.2) is 9.59 Å². The maximum Gasteiger partial charge on any atom is 0.335 e. The summed E-state index contributed by atoms with van der Waals surface area (Å²) in [6.45, 7) is 0. The van der Waals surface area contributed by atoms with Gasteiger partial charge in [0.05, 0.1) is 22.5 Å². The number of rotatable bonds is 5. The second kappa shape index (κ2) is 7.92. The molecule has 3 aromatic carbocycles. The van der Waals surface area contributed by atoms with Crippen LogP contribution in [0.2, 0.25) is 0 Å². The van der Waals surface area contributed by atoms with Gasteiger partial charge in [0.15, 0.2) is 0 Å². The van der Waals surface area contributed by atoms with Gasteiger partial charge in [0, 0.05) is 10.0 Å². The topological polar surface area (TPSA) is 99.3 Å². The Morgan fingerprint density at radius 3 is 1.93 bits per heavy atom. The molecule has 0 radical (unpaired) electrons. The monoisotopic (exact) mass is 424 g/mol. The predicted octanol–water partition coefficient (Wildman–Crippen LogP) is 5.93.